The van der Waals surface area contributed by atoms with Crippen molar-refractivity contribution in [2.75, 3.05) is 11.1 Å². The first kappa shape index (κ1) is 23.4. The van der Waals surface area contributed by atoms with Crippen molar-refractivity contribution in [3.8, 4) is 0 Å². The Labute approximate surface area is 205 Å². The first-order valence-corrected chi connectivity index (χ1v) is 13.4. The van der Waals surface area contributed by atoms with E-state index in [0.29, 0.717) is 9.90 Å². The summed E-state index contributed by atoms with van der Waals surface area (Å²) in [5, 5.41) is 10.2. The fraction of sp³-hybridized carbons (Fsp3) is 0.0476. The average Bonchev–Trinajstić information content (AvgIpc) is 3.49. The number of furan rings is 1. The van der Waals surface area contributed by atoms with E-state index in [4.69, 9.17) is 4.42 Å². The molecule has 0 saturated heterocycles. The molecule has 33 heavy (non-hydrogen) atoms. The van der Waals surface area contributed by atoms with Crippen LogP contribution in [-0.2, 0) is 9.84 Å². The quantitative estimate of drug-likeness (QED) is 0.181. The molecule has 8 nitrogen and oxygen atoms in total. The van der Waals surface area contributed by atoms with Crippen molar-refractivity contribution < 1.29 is 22.4 Å². The van der Waals surface area contributed by atoms with E-state index in [9.17, 15) is 18.0 Å². The van der Waals surface area contributed by atoms with Crippen molar-refractivity contribution in [3.63, 3.8) is 0 Å². The molecule has 4 aromatic rings. The molecule has 12 heteroatoms. The molecule has 0 saturated carbocycles. The van der Waals surface area contributed by atoms with E-state index in [-0.39, 0.29) is 32.4 Å². The molecule has 1 N–H and O–H groups in total. The molecule has 0 spiro atoms. The summed E-state index contributed by atoms with van der Waals surface area (Å²) in [5.74, 6) is -0.714. The third-order valence-electron chi connectivity index (χ3n) is 4.24. The second kappa shape index (κ2) is 10.00. The van der Waals surface area contributed by atoms with Gasteiger partial charge < -0.3 is 4.42 Å². The number of carbonyl (C=O) groups is 2. The Hall–Kier alpha value is -2.80. The minimum absolute atomic E-state index is 0.0443. The van der Waals surface area contributed by atoms with Crippen LogP contribution in [0.5, 0.6) is 0 Å². The van der Waals surface area contributed by atoms with Gasteiger partial charge in [0, 0.05) is 10.0 Å². The summed E-state index contributed by atoms with van der Waals surface area (Å²) in [6.45, 7) is 0. The summed E-state index contributed by atoms with van der Waals surface area (Å²) in [6, 6.07) is 17.5. The molecule has 0 radical (unpaired) electrons. The van der Waals surface area contributed by atoms with Gasteiger partial charge in [-0.2, -0.15) is 0 Å². The zero-order valence-electron chi connectivity index (χ0n) is 16.6. The molecule has 0 bridgehead atoms. The van der Waals surface area contributed by atoms with Crippen molar-refractivity contribution in [1.29, 1.82) is 0 Å². The molecule has 0 fully saturated rings. The van der Waals surface area contributed by atoms with Crippen LogP contribution >= 0.6 is 39.0 Å². The van der Waals surface area contributed by atoms with Gasteiger partial charge >= 0.3 is 0 Å². The minimum Gasteiger partial charge on any atom is -0.439 e. The van der Waals surface area contributed by atoms with Gasteiger partial charge in [0.15, 0.2) is 15.9 Å². The predicted molar refractivity (Wildman–Crippen MR) is 128 cm³/mol. The molecule has 1 amide bonds. The fourth-order valence-electron chi connectivity index (χ4n) is 2.63. The van der Waals surface area contributed by atoms with Gasteiger partial charge in [-0.15, -0.1) is 10.2 Å². The molecule has 0 atom stereocenters. The third-order valence-corrected chi connectivity index (χ3v) is 8.39. The van der Waals surface area contributed by atoms with Gasteiger partial charge in [-0.05, 0) is 36.4 Å². The van der Waals surface area contributed by atoms with E-state index in [1.807, 2.05) is 6.07 Å². The number of hydrogen-bond acceptors (Lipinski definition) is 9. The van der Waals surface area contributed by atoms with Crippen LogP contribution in [0, 0.1) is 0 Å². The third kappa shape index (κ3) is 5.58. The van der Waals surface area contributed by atoms with E-state index in [0.717, 1.165) is 15.8 Å². The lowest BCUT2D eigenvalue weighted by Gasteiger charge is -2.01. The van der Waals surface area contributed by atoms with E-state index in [1.54, 1.807) is 36.4 Å². The Balaban J connectivity index is 1.38. The summed E-state index contributed by atoms with van der Waals surface area (Å²) in [4.78, 5) is 24.7. The number of thioether (sulfide) groups is 1. The number of Topliss-reactive ketones (excluding diaryl/α,β-unsaturated/α-hetero) is 1. The molecule has 2 aromatic heterocycles. The number of rotatable bonds is 8. The first-order valence-electron chi connectivity index (χ1n) is 9.29. The monoisotopic (exact) mass is 563 g/mol. The molecule has 0 aliphatic rings. The van der Waals surface area contributed by atoms with Crippen molar-refractivity contribution in [2.45, 2.75) is 14.3 Å². The van der Waals surface area contributed by atoms with Gasteiger partial charge in [0.05, 0.1) is 10.6 Å². The second-order valence-electron chi connectivity index (χ2n) is 6.48. The Morgan fingerprint density at radius 2 is 1.73 bits per heavy atom. The largest absolute Gasteiger partial charge is 0.439 e. The molecule has 168 valence electrons. The number of sulfone groups is 1. The normalized spacial score (nSPS) is 11.3. The lowest BCUT2D eigenvalue weighted by atomic mass is 10.2. The molecule has 2 heterocycles. The lowest BCUT2D eigenvalue weighted by Crippen LogP contribution is -2.10. The molecule has 4 rings (SSSR count). The highest BCUT2D eigenvalue weighted by Crippen LogP contribution is 2.28. The van der Waals surface area contributed by atoms with Crippen LogP contribution in [0.15, 0.2) is 89.9 Å². The van der Waals surface area contributed by atoms with Crippen LogP contribution in [0.4, 0.5) is 5.13 Å². The van der Waals surface area contributed by atoms with Gasteiger partial charge in [-0.1, -0.05) is 69.4 Å². The van der Waals surface area contributed by atoms with Crippen LogP contribution in [0.3, 0.4) is 0 Å². The number of hydrogen-bond donors (Lipinski definition) is 1. The Morgan fingerprint density at radius 1 is 1.00 bits per heavy atom. The van der Waals surface area contributed by atoms with E-state index >= 15 is 0 Å². The standard InChI is InChI=1S/C21H14BrN3O5S3/c22-14-6-8-15(9-7-14)33(28,29)18-11-10-17(30-18)19(27)23-20-24-25-21(32-20)31-12-16(26)13-4-2-1-3-5-13/h1-11H,12H2,(H,23,24,27). The summed E-state index contributed by atoms with van der Waals surface area (Å²) in [7, 11) is -3.90. The minimum atomic E-state index is -3.90. The van der Waals surface area contributed by atoms with Crippen molar-refractivity contribution in [2.24, 2.45) is 0 Å². The maximum atomic E-state index is 12.7. The van der Waals surface area contributed by atoms with Crippen LogP contribution in [0.2, 0.25) is 0 Å². The fourth-order valence-corrected chi connectivity index (χ4v) is 5.71. The second-order valence-corrected chi connectivity index (χ2v) is 11.5. The Bertz CT molecular complexity index is 1400. The number of benzene rings is 2. The number of ketones is 1. The molecule has 0 aliphatic carbocycles. The van der Waals surface area contributed by atoms with E-state index in [2.05, 4.69) is 31.4 Å². The number of halogens is 1. The zero-order valence-corrected chi connectivity index (χ0v) is 20.6. The molecule has 0 unspecified atom stereocenters. The SMILES string of the molecule is O=C(CSc1nnc(NC(=O)c2ccc(S(=O)(=O)c3ccc(Br)cc3)o2)s1)c1ccccc1. The van der Waals surface area contributed by atoms with Crippen molar-refractivity contribution in [3.05, 3.63) is 82.5 Å². The number of nitrogens with one attached hydrogen (secondary N) is 1. The van der Waals surface area contributed by atoms with Crippen LogP contribution < -0.4 is 5.32 Å². The maximum absolute atomic E-state index is 12.7. The highest BCUT2D eigenvalue weighted by atomic mass is 79.9. The molecule has 0 aliphatic heterocycles. The molecular formula is C21H14BrN3O5S3. The Kier molecular flexibility index (Phi) is 7.08. The summed E-state index contributed by atoms with van der Waals surface area (Å²) in [6.07, 6.45) is 0. The lowest BCUT2D eigenvalue weighted by molar-refractivity contribution is 0.0989. The van der Waals surface area contributed by atoms with Crippen LogP contribution in [0.25, 0.3) is 0 Å². The Morgan fingerprint density at radius 3 is 2.45 bits per heavy atom. The maximum Gasteiger partial charge on any atom is 0.293 e. The number of aromatic nitrogens is 2. The molecule has 2 aromatic carbocycles. The van der Waals surface area contributed by atoms with E-state index < -0.39 is 15.7 Å². The van der Waals surface area contributed by atoms with Gasteiger partial charge in [-0.25, -0.2) is 8.42 Å². The zero-order chi connectivity index (χ0) is 23.4. The summed E-state index contributed by atoms with van der Waals surface area (Å²) >= 11 is 5.56. The van der Waals surface area contributed by atoms with Crippen LogP contribution in [0.1, 0.15) is 20.9 Å². The van der Waals surface area contributed by atoms with Gasteiger partial charge in [0.2, 0.25) is 20.1 Å². The van der Waals surface area contributed by atoms with Crippen LogP contribution in [-0.4, -0.2) is 36.1 Å². The van der Waals surface area contributed by atoms with Crippen molar-refractivity contribution in [1.82, 2.24) is 10.2 Å². The molecular weight excluding hydrogens is 550 g/mol. The smallest absolute Gasteiger partial charge is 0.293 e. The topological polar surface area (TPSA) is 119 Å². The number of amides is 1. The van der Waals surface area contributed by atoms with Gasteiger partial charge in [0.25, 0.3) is 5.91 Å². The highest BCUT2D eigenvalue weighted by Gasteiger charge is 2.24. The predicted octanol–water partition coefficient (Wildman–Crippen LogP) is 4.95. The summed E-state index contributed by atoms with van der Waals surface area (Å²) < 4.78 is 31.9. The average molecular weight is 564 g/mol. The number of nitrogens with zero attached hydrogens (tertiary/aromatic N) is 2. The van der Waals surface area contributed by atoms with E-state index in [1.165, 1.54) is 36.0 Å². The number of carbonyl (C=O) groups excluding carboxylic acids is 2. The van der Waals surface area contributed by atoms with Gasteiger partial charge in [0.1, 0.15) is 0 Å². The number of anilines is 1. The van der Waals surface area contributed by atoms with Gasteiger partial charge in [-0.3, -0.25) is 14.9 Å². The van der Waals surface area contributed by atoms with Crippen molar-refractivity contribution >= 4 is 65.7 Å². The first-order chi connectivity index (χ1) is 15.8. The summed E-state index contributed by atoms with van der Waals surface area (Å²) in [5.41, 5.74) is 0.606. The highest BCUT2D eigenvalue weighted by molar-refractivity contribution is 9.10.